The van der Waals surface area contributed by atoms with Crippen molar-refractivity contribution in [2.45, 2.75) is 141 Å². The van der Waals surface area contributed by atoms with Gasteiger partial charge in [-0.25, -0.2) is 0 Å². The topological polar surface area (TPSA) is 28.2 Å². The molecule has 0 fully saturated rings. The van der Waals surface area contributed by atoms with E-state index in [1.165, 1.54) is 51.4 Å². The number of nitrogens with zero attached hydrogens (tertiary/aromatic N) is 2. The fourth-order valence-electron chi connectivity index (χ4n) is 3.34. The summed E-state index contributed by atoms with van der Waals surface area (Å²) >= 11 is 2.75. The Morgan fingerprint density at radius 2 is 0.767 bits per heavy atom. The van der Waals surface area contributed by atoms with Crippen molar-refractivity contribution in [2.24, 2.45) is 0 Å². The van der Waals surface area contributed by atoms with E-state index in [1.54, 1.807) is 4.44 Å². The Morgan fingerprint density at radius 3 is 0.967 bits per heavy atom. The summed E-state index contributed by atoms with van der Waals surface area (Å²) in [5.74, 6) is 0. The van der Waals surface area contributed by atoms with Gasteiger partial charge in [0.2, 0.25) is 0 Å². The Kier molecular flexibility index (Phi) is 24.1. The van der Waals surface area contributed by atoms with E-state index in [-0.39, 0.29) is 17.2 Å². The molecule has 0 unspecified atom stereocenters. The number of hydrogen-bond acceptors (Lipinski definition) is 0. The molecule has 0 aliphatic heterocycles. The van der Waals surface area contributed by atoms with Gasteiger partial charge < -0.3 is 9.30 Å². The monoisotopic (exact) mass is 708 g/mol. The van der Waals surface area contributed by atoms with E-state index in [0.717, 1.165) is 0 Å². The van der Waals surface area contributed by atoms with E-state index >= 15 is 0 Å². The van der Waals surface area contributed by atoms with Crippen LogP contribution in [0.5, 0.6) is 0 Å². The standard InChI is InChI=1S/C10H21.2C6H18NSi2.HI.Sn/c1-3-5-7-9-10-8-6-4-2;2*1-8(2,3)7-9(4,5)6;;/h1,3-10H2,2H3;2*1-6H3;1H;/q;2*-1;;+3/p-1. The van der Waals surface area contributed by atoms with Gasteiger partial charge in [-0.05, 0) is 0 Å². The second-order valence-corrected chi connectivity index (χ2v) is 38.7. The van der Waals surface area contributed by atoms with Crippen molar-refractivity contribution in [3.05, 3.63) is 9.30 Å². The van der Waals surface area contributed by atoms with Crippen LogP contribution >= 0.6 is 18.6 Å². The maximum Gasteiger partial charge on any atom is -0.0691 e. The van der Waals surface area contributed by atoms with Crippen LogP contribution in [0.1, 0.15) is 58.3 Å². The summed E-state index contributed by atoms with van der Waals surface area (Å²) in [6.45, 7) is 29.8. The zero-order chi connectivity index (χ0) is 24.5. The fraction of sp³-hybridized carbons (Fsp3) is 1.00. The summed E-state index contributed by atoms with van der Waals surface area (Å²) in [6, 6.07) is 0. The molecular formula is C22H57IN2Si4Sn. The van der Waals surface area contributed by atoms with Gasteiger partial charge >= 0.3 is 98.5 Å². The Hall–Kier alpha value is 2.32. The molecule has 0 aliphatic rings. The third kappa shape index (κ3) is 47.9. The summed E-state index contributed by atoms with van der Waals surface area (Å²) in [5.41, 5.74) is 0. The van der Waals surface area contributed by atoms with Crippen LogP contribution in [-0.4, -0.2) is 50.1 Å². The molecule has 0 saturated carbocycles. The predicted octanol–water partition coefficient (Wildman–Crippen LogP) is 10.7. The average Bonchev–Trinajstić information content (AvgIpc) is 2.44. The third-order valence-electron chi connectivity index (χ3n) is 3.47. The van der Waals surface area contributed by atoms with E-state index in [9.17, 15) is 0 Å². The average molecular weight is 708 g/mol. The molecule has 0 N–H and O–H groups in total. The van der Waals surface area contributed by atoms with Gasteiger partial charge in [-0.3, -0.25) is 0 Å². The van der Waals surface area contributed by atoms with E-state index in [2.05, 4.69) is 104 Å². The first kappa shape index (κ1) is 36.9. The smallest absolute Gasteiger partial charge is 0.0691 e. The maximum absolute atomic E-state index is 4.82. The van der Waals surface area contributed by atoms with Crippen molar-refractivity contribution in [1.29, 1.82) is 0 Å². The third-order valence-corrected chi connectivity index (χ3v) is 19.4. The molecule has 0 heterocycles. The minimum Gasteiger partial charge on any atom is -0.668 e. The van der Waals surface area contributed by atoms with Crippen LogP contribution in [0.25, 0.3) is 9.30 Å². The van der Waals surface area contributed by atoms with Crippen LogP contribution < -0.4 is 0 Å². The molecule has 30 heavy (non-hydrogen) atoms. The number of rotatable bonds is 13. The van der Waals surface area contributed by atoms with Crippen LogP contribution in [0.2, 0.25) is 83.0 Å². The van der Waals surface area contributed by atoms with Crippen LogP contribution in [0.3, 0.4) is 0 Å². The van der Waals surface area contributed by atoms with Gasteiger partial charge in [-0.2, -0.15) is 0 Å². The number of unbranched alkanes of at least 4 members (excludes halogenated alkanes) is 7. The largest absolute Gasteiger partial charge is 0.668 e. The Labute approximate surface area is 217 Å². The molecule has 2 nitrogen and oxygen atoms in total. The van der Waals surface area contributed by atoms with E-state index in [4.69, 9.17) is 9.30 Å². The van der Waals surface area contributed by atoms with E-state index in [1.807, 2.05) is 0 Å². The van der Waals surface area contributed by atoms with Gasteiger partial charge in [-0.1, -0.05) is 112 Å². The van der Waals surface area contributed by atoms with Gasteiger partial charge in [0.1, 0.15) is 0 Å². The second kappa shape index (κ2) is 19.6. The van der Waals surface area contributed by atoms with Crippen molar-refractivity contribution < 1.29 is 0 Å². The summed E-state index contributed by atoms with van der Waals surface area (Å²) < 4.78 is 11.2. The van der Waals surface area contributed by atoms with Crippen molar-refractivity contribution in [3.63, 3.8) is 0 Å². The summed E-state index contributed by atoms with van der Waals surface area (Å²) in [6.07, 6.45) is 11.8. The van der Waals surface area contributed by atoms with E-state index < -0.39 is 32.9 Å². The molecular weight excluding hydrogens is 650 g/mol. The molecule has 0 amide bonds. The van der Waals surface area contributed by atoms with Crippen LogP contribution in [0, 0.1) is 0 Å². The summed E-state index contributed by atoms with van der Waals surface area (Å²) in [5, 5.41) is 0. The minimum atomic E-state index is -1.11. The van der Waals surface area contributed by atoms with Gasteiger partial charge in [0.05, 0.1) is 0 Å². The molecule has 0 aromatic rings. The van der Waals surface area contributed by atoms with Crippen molar-refractivity contribution in [2.75, 3.05) is 0 Å². The quantitative estimate of drug-likeness (QED) is 0.104. The van der Waals surface area contributed by atoms with Crippen molar-refractivity contribution in [1.82, 2.24) is 0 Å². The zero-order valence-corrected chi connectivity index (χ0v) is 32.1. The molecule has 0 aromatic carbocycles. The molecule has 0 rings (SSSR count). The maximum atomic E-state index is 4.82. The van der Waals surface area contributed by atoms with Gasteiger partial charge in [0.25, 0.3) is 0 Å². The number of halogens is 1. The first-order valence-electron chi connectivity index (χ1n) is 12.1. The Morgan fingerprint density at radius 1 is 0.500 bits per heavy atom. The molecule has 0 radical (unpaired) electrons. The molecule has 0 saturated heterocycles. The Bertz CT molecular complexity index is 313. The molecule has 0 bridgehead atoms. The summed E-state index contributed by atoms with van der Waals surface area (Å²) in [4.78, 5) is 0. The molecule has 0 aromatic heterocycles. The molecule has 0 spiro atoms. The van der Waals surface area contributed by atoms with Crippen molar-refractivity contribution >= 4 is 68.7 Å². The first-order chi connectivity index (χ1) is 13.3. The minimum absolute atomic E-state index is 0.111. The summed E-state index contributed by atoms with van der Waals surface area (Å²) in [7, 11) is -4.42. The van der Waals surface area contributed by atoms with Crippen molar-refractivity contribution in [3.8, 4) is 0 Å². The SMILES string of the molecule is CCCCCCCCC[CH2][Sn+2][I].C[Si](C)(C)[N-][Si](C)(C)C.C[Si](C)(C)[N-][Si](C)(C)C. The predicted molar refractivity (Wildman–Crippen MR) is 167 cm³/mol. The van der Waals surface area contributed by atoms with Gasteiger partial charge in [-0.15, -0.1) is 0 Å². The van der Waals surface area contributed by atoms with Crippen LogP contribution in [-0.2, 0) is 0 Å². The van der Waals surface area contributed by atoms with Gasteiger partial charge in [0.15, 0.2) is 0 Å². The molecule has 0 atom stereocenters. The second-order valence-electron chi connectivity index (χ2n) is 12.3. The molecule has 0 aliphatic carbocycles. The fourth-order valence-corrected chi connectivity index (χ4v) is 23.1. The zero-order valence-electron chi connectivity index (χ0n) is 23.1. The molecule has 8 heteroatoms. The number of hydrogen-bond donors (Lipinski definition) is 0. The Balaban J connectivity index is -0.000000371. The van der Waals surface area contributed by atoms with Crippen LogP contribution in [0.4, 0.5) is 0 Å². The van der Waals surface area contributed by atoms with E-state index in [0.29, 0.717) is 0 Å². The first-order valence-corrected chi connectivity index (χ1v) is 36.3. The molecule has 182 valence electrons. The normalized spacial score (nSPS) is 12.3. The van der Waals surface area contributed by atoms with Gasteiger partial charge in [0, 0.05) is 0 Å². The van der Waals surface area contributed by atoms with Crippen LogP contribution in [0.15, 0.2) is 0 Å².